The first-order valence-electron chi connectivity index (χ1n) is 9.28. The fourth-order valence-electron chi connectivity index (χ4n) is 3.15. The molecule has 0 bridgehead atoms. The maximum atomic E-state index is 13.0. The zero-order valence-electron chi connectivity index (χ0n) is 18.0. The maximum Gasteiger partial charge on any atom is 0.244 e. The van der Waals surface area contributed by atoms with Crippen LogP contribution in [-0.2, 0) is 14.8 Å². The summed E-state index contributed by atoms with van der Waals surface area (Å²) in [6.07, 6.45) is 1.06. The molecule has 0 saturated carbocycles. The van der Waals surface area contributed by atoms with Gasteiger partial charge in [0.05, 0.1) is 39.3 Å². The van der Waals surface area contributed by atoms with E-state index in [2.05, 4.69) is 5.32 Å². The highest BCUT2D eigenvalue weighted by Crippen LogP contribution is 2.30. The van der Waals surface area contributed by atoms with Gasteiger partial charge in [-0.15, -0.1) is 0 Å². The normalized spacial score (nSPS) is 13.1. The number of methoxy groups -OCH3 is 3. The van der Waals surface area contributed by atoms with Gasteiger partial charge in [0.25, 0.3) is 0 Å². The lowest BCUT2D eigenvalue weighted by Crippen LogP contribution is -2.48. The van der Waals surface area contributed by atoms with E-state index in [-0.39, 0.29) is 0 Å². The Bertz CT molecular complexity index is 993. The molecule has 0 aliphatic heterocycles. The van der Waals surface area contributed by atoms with Crippen LogP contribution in [0.1, 0.15) is 25.5 Å². The molecule has 2 rings (SSSR count). The van der Waals surface area contributed by atoms with Crippen molar-refractivity contribution in [2.24, 2.45) is 0 Å². The number of ether oxygens (including phenoxy) is 3. The Kier molecular flexibility index (Phi) is 7.55. The first-order chi connectivity index (χ1) is 14.1. The zero-order valence-corrected chi connectivity index (χ0v) is 18.8. The molecular formula is C21H28N2O6S. The summed E-state index contributed by atoms with van der Waals surface area (Å²) in [6.45, 7) is 3.32. The molecule has 0 unspecified atom stereocenters. The van der Waals surface area contributed by atoms with Crippen molar-refractivity contribution < 1.29 is 27.4 Å². The van der Waals surface area contributed by atoms with Gasteiger partial charge in [0.1, 0.15) is 23.3 Å². The Morgan fingerprint density at radius 2 is 1.60 bits per heavy atom. The van der Waals surface area contributed by atoms with Crippen molar-refractivity contribution >= 4 is 21.6 Å². The van der Waals surface area contributed by atoms with Gasteiger partial charge in [0.15, 0.2) is 0 Å². The van der Waals surface area contributed by atoms with Crippen molar-refractivity contribution in [3.05, 3.63) is 48.0 Å². The Labute approximate surface area is 177 Å². The van der Waals surface area contributed by atoms with E-state index < -0.39 is 28.0 Å². The number of hydrogen-bond acceptors (Lipinski definition) is 6. The number of nitrogens with one attached hydrogen (secondary N) is 1. The van der Waals surface area contributed by atoms with E-state index in [1.807, 2.05) is 0 Å². The number of hydrogen-bond donors (Lipinski definition) is 1. The highest BCUT2D eigenvalue weighted by molar-refractivity contribution is 7.92. The predicted molar refractivity (Wildman–Crippen MR) is 116 cm³/mol. The summed E-state index contributed by atoms with van der Waals surface area (Å²) in [4.78, 5) is 13.0. The number of carbonyl (C=O) groups is 1. The van der Waals surface area contributed by atoms with Gasteiger partial charge in [-0.3, -0.25) is 9.10 Å². The van der Waals surface area contributed by atoms with Crippen LogP contribution in [0.5, 0.6) is 17.2 Å². The molecule has 8 nitrogen and oxygen atoms in total. The van der Waals surface area contributed by atoms with Gasteiger partial charge >= 0.3 is 0 Å². The van der Waals surface area contributed by atoms with Crippen LogP contribution in [0.25, 0.3) is 0 Å². The summed E-state index contributed by atoms with van der Waals surface area (Å²) in [5, 5.41) is 2.86. The molecule has 0 saturated heterocycles. The third kappa shape index (κ3) is 5.35. The van der Waals surface area contributed by atoms with E-state index >= 15 is 0 Å². The van der Waals surface area contributed by atoms with Crippen molar-refractivity contribution in [3.63, 3.8) is 0 Å². The summed E-state index contributed by atoms with van der Waals surface area (Å²) in [7, 11) is 0.839. The minimum absolute atomic E-state index is 0.339. The largest absolute Gasteiger partial charge is 0.497 e. The van der Waals surface area contributed by atoms with Crippen LogP contribution in [0.3, 0.4) is 0 Å². The van der Waals surface area contributed by atoms with E-state index in [9.17, 15) is 13.2 Å². The lowest BCUT2D eigenvalue weighted by atomic mass is 10.1. The van der Waals surface area contributed by atoms with E-state index in [4.69, 9.17) is 14.2 Å². The molecule has 0 aliphatic carbocycles. The predicted octanol–water partition coefficient (Wildman–Crippen LogP) is 2.74. The average molecular weight is 437 g/mol. The summed E-state index contributed by atoms with van der Waals surface area (Å²) in [6, 6.07) is 10.4. The van der Waals surface area contributed by atoms with Gasteiger partial charge < -0.3 is 19.5 Å². The Morgan fingerprint density at radius 3 is 2.17 bits per heavy atom. The van der Waals surface area contributed by atoms with Crippen LogP contribution < -0.4 is 23.8 Å². The molecule has 0 heterocycles. The average Bonchev–Trinajstić information content (AvgIpc) is 2.72. The first-order valence-corrected chi connectivity index (χ1v) is 11.1. The van der Waals surface area contributed by atoms with E-state index in [1.54, 1.807) is 56.5 Å². The smallest absolute Gasteiger partial charge is 0.244 e. The summed E-state index contributed by atoms with van der Waals surface area (Å²) in [5.74, 6) is 1.24. The second-order valence-corrected chi connectivity index (χ2v) is 8.63. The van der Waals surface area contributed by atoms with Crippen LogP contribution >= 0.6 is 0 Å². The van der Waals surface area contributed by atoms with E-state index in [0.717, 1.165) is 10.6 Å². The molecule has 9 heteroatoms. The topological polar surface area (TPSA) is 94.2 Å². The molecule has 1 N–H and O–H groups in total. The maximum absolute atomic E-state index is 13.0. The first kappa shape index (κ1) is 23.3. The number of anilines is 1. The molecule has 2 atom stereocenters. The molecule has 2 aromatic rings. The SMILES string of the molecule is COc1cccc(N([C@@H](C)C(=O)N[C@@H](C)c2cc(OC)ccc2OC)S(C)(=O)=O)c1. The van der Waals surface area contributed by atoms with Gasteiger partial charge in [0.2, 0.25) is 15.9 Å². The summed E-state index contributed by atoms with van der Waals surface area (Å²) in [5.41, 5.74) is 1.05. The number of amides is 1. The molecular weight excluding hydrogens is 408 g/mol. The van der Waals surface area contributed by atoms with Crippen LogP contribution in [0, 0.1) is 0 Å². The van der Waals surface area contributed by atoms with Gasteiger partial charge in [-0.2, -0.15) is 0 Å². The fraction of sp³-hybridized carbons (Fsp3) is 0.381. The number of carbonyl (C=O) groups excluding carboxylic acids is 1. The minimum atomic E-state index is -3.74. The molecule has 0 radical (unpaired) electrons. The van der Waals surface area contributed by atoms with Crippen LogP contribution in [0.2, 0.25) is 0 Å². The highest BCUT2D eigenvalue weighted by Gasteiger charge is 2.30. The summed E-state index contributed by atoms with van der Waals surface area (Å²) < 4.78 is 41.9. The van der Waals surface area contributed by atoms with Crippen molar-refractivity contribution in [2.75, 3.05) is 31.9 Å². The van der Waals surface area contributed by atoms with Gasteiger partial charge in [0, 0.05) is 11.6 Å². The molecule has 0 spiro atoms. The van der Waals surface area contributed by atoms with Crippen molar-refractivity contribution in [1.29, 1.82) is 0 Å². The molecule has 1 amide bonds. The second-order valence-electron chi connectivity index (χ2n) is 6.77. The van der Waals surface area contributed by atoms with Gasteiger partial charge in [-0.05, 0) is 44.2 Å². The molecule has 0 fully saturated rings. The summed E-state index contributed by atoms with van der Waals surface area (Å²) >= 11 is 0. The molecule has 30 heavy (non-hydrogen) atoms. The highest BCUT2D eigenvalue weighted by atomic mass is 32.2. The third-order valence-electron chi connectivity index (χ3n) is 4.66. The van der Waals surface area contributed by atoms with Gasteiger partial charge in [-0.25, -0.2) is 8.42 Å². The fourth-order valence-corrected chi connectivity index (χ4v) is 4.31. The molecule has 0 aliphatic rings. The lowest BCUT2D eigenvalue weighted by molar-refractivity contribution is -0.122. The van der Waals surface area contributed by atoms with E-state index in [1.165, 1.54) is 21.1 Å². The zero-order chi connectivity index (χ0) is 22.5. The quantitative estimate of drug-likeness (QED) is 0.650. The Hall–Kier alpha value is -2.94. The van der Waals surface area contributed by atoms with Crippen LogP contribution in [-0.4, -0.2) is 48.0 Å². The number of rotatable bonds is 9. The third-order valence-corrected chi connectivity index (χ3v) is 5.90. The van der Waals surface area contributed by atoms with Gasteiger partial charge in [-0.1, -0.05) is 6.07 Å². The van der Waals surface area contributed by atoms with Crippen molar-refractivity contribution in [1.82, 2.24) is 5.32 Å². The van der Waals surface area contributed by atoms with Crippen molar-refractivity contribution in [3.8, 4) is 17.2 Å². The van der Waals surface area contributed by atoms with Crippen LogP contribution in [0.4, 0.5) is 5.69 Å². The lowest BCUT2D eigenvalue weighted by Gasteiger charge is -2.29. The van der Waals surface area contributed by atoms with Crippen molar-refractivity contribution in [2.45, 2.75) is 25.9 Å². The minimum Gasteiger partial charge on any atom is -0.497 e. The second kappa shape index (κ2) is 9.71. The number of nitrogens with zero attached hydrogens (tertiary/aromatic N) is 1. The monoisotopic (exact) mass is 436 g/mol. The Balaban J connectivity index is 2.32. The van der Waals surface area contributed by atoms with Crippen LogP contribution in [0.15, 0.2) is 42.5 Å². The van der Waals surface area contributed by atoms with E-state index in [0.29, 0.717) is 28.5 Å². The molecule has 0 aromatic heterocycles. The molecule has 164 valence electrons. The Morgan fingerprint density at radius 1 is 0.967 bits per heavy atom. The number of benzene rings is 2. The number of sulfonamides is 1. The molecule has 2 aromatic carbocycles. The standard InChI is InChI=1S/C21H28N2O6S/c1-14(19-13-18(28-4)10-11-20(19)29-5)22-21(24)15(2)23(30(6,25)26)16-8-7-9-17(12-16)27-3/h7-15H,1-6H3,(H,22,24)/t14-,15-/m0/s1.